The summed E-state index contributed by atoms with van der Waals surface area (Å²) in [6.07, 6.45) is 17.7. The number of unbranched alkanes of at least 4 members (excludes halogenated alkanes) is 8. The van der Waals surface area contributed by atoms with Gasteiger partial charge in [0.1, 0.15) is 36.9 Å². The van der Waals surface area contributed by atoms with Crippen LogP contribution < -0.4 is 9.47 Å². The van der Waals surface area contributed by atoms with Gasteiger partial charge in [-0.1, -0.05) is 89.0 Å². The topological polar surface area (TPSA) is 43.5 Å². The van der Waals surface area contributed by atoms with Crippen LogP contribution in [0.3, 0.4) is 0 Å². The molecule has 0 bridgehead atoms. The van der Waals surface area contributed by atoms with E-state index >= 15 is 0 Å². The highest BCUT2D eigenvalue weighted by atomic mass is 16.6. The molecule has 0 N–H and O–H groups in total. The van der Waals surface area contributed by atoms with Gasteiger partial charge in [0.2, 0.25) is 0 Å². The van der Waals surface area contributed by atoms with E-state index in [9.17, 15) is 0 Å². The lowest BCUT2D eigenvalue weighted by Crippen LogP contribution is -2.04. The maximum Gasteiger partial charge on any atom is 0.119 e. The number of epoxide rings is 2. The molecule has 4 heteroatoms. The third kappa shape index (κ3) is 11.5. The Labute approximate surface area is 225 Å². The van der Waals surface area contributed by atoms with Gasteiger partial charge >= 0.3 is 0 Å². The average molecular weight is 509 g/mol. The second-order valence-corrected chi connectivity index (χ2v) is 11.0. The molecule has 4 rings (SSSR count). The van der Waals surface area contributed by atoms with Gasteiger partial charge in [0.25, 0.3) is 0 Å². The van der Waals surface area contributed by atoms with Crippen LogP contribution in [0.25, 0.3) is 0 Å². The molecular formula is C33H48O4. The van der Waals surface area contributed by atoms with Crippen LogP contribution in [0.5, 0.6) is 11.5 Å². The number of benzene rings is 2. The molecule has 0 unspecified atom stereocenters. The zero-order valence-corrected chi connectivity index (χ0v) is 23.0. The van der Waals surface area contributed by atoms with Crippen LogP contribution in [-0.2, 0) is 15.9 Å². The van der Waals surface area contributed by atoms with Gasteiger partial charge in [-0.2, -0.15) is 0 Å². The molecule has 2 fully saturated rings. The van der Waals surface area contributed by atoms with E-state index in [0.29, 0.717) is 31.3 Å². The molecule has 3 atom stereocenters. The molecule has 2 aliphatic rings. The Morgan fingerprint density at radius 1 is 0.703 bits per heavy atom. The molecular weight excluding hydrogens is 460 g/mol. The van der Waals surface area contributed by atoms with Crippen molar-refractivity contribution in [2.24, 2.45) is 0 Å². The number of aryl methyl sites for hydroxylation is 1. The molecule has 37 heavy (non-hydrogen) atoms. The summed E-state index contributed by atoms with van der Waals surface area (Å²) in [5.41, 5.74) is 2.87. The molecule has 2 saturated heterocycles. The number of hydrogen-bond acceptors (Lipinski definition) is 4. The molecule has 0 aromatic heterocycles. The second-order valence-electron chi connectivity index (χ2n) is 11.0. The molecule has 0 amide bonds. The molecule has 0 radical (unpaired) electrons. The largest absolute Gasteiger partial charge is 0.491 e. The van der Waals surface area contributed by atoms with Crippen LogP contribution in [0.2, 0.25) is 0 Å². The Morgan fingerprint density at radius 3 is 1.95 bits per heavy atom. The van der Waals surface area contributed by atoms with Gasteiger partial charge in [-0.05, 0) is 67.0 Å². The zero-order chi connectivity index (χ0) is 25.5. The van der Waals surface area contributed by atoms with Gasteiger partial charge in [0.05, 0.1) is 13.2 Å². The fourth-order valence-corrected chi connectivity index (χ4v) is 5.06. The second kappa shape index (κ2) is 16.0. The van der Waals surface area contributed by atoms with Crippen LogP contribution in [0.15, 0.2) is 48.5 Å². The maximum absolute atomic E-state index is 5.85. The standard InChI is InChI=1S/C33H48O4/c1-2-3-4-6-10-15-28(29-18-20-30(21-19-29)34-23-32-25-36-32)16-11-8-5-7-9-13-27-14-12-17-31(22-27)35-24-33-26-37-33/h12,14,17-22,28,32-33H,2-11,13,15-16,23-26H2,1H3/t28-,32+,33-/m1/s1. The predicted octanol–water partition coefficient (Wildman–Crippen LogP) is 8.27. The summed E-state index contributed by atoms with van der Waals surface area (Å²) in [5, 5.41) is 0. The van der Waals surface area contributed by atoms with Gasteiger partial charge in [0.15, 0.2) is 0 Å². The van der Waals surface area contributed by atoms with E-state index in [-0.39, 0.29) is 0 Å². The van der Waals surface area contributed by atoms with Crippen molar-refractivity contribution in [2.75, 3.05) is 26.4 Å². The van der Waals surface area contributed by atoms with Crippen molar-refractivity contribution < 1.29 is 18.9 Å². The molecule has 2 aromatic carbocycles. The number of rotatable bonds is 21. The summed E-state index contributed by atoms with van der Waals surface area (Å²) in [4.78, 5) is 0. The van der Waals surface area contributed by atoms with Crippen LogP contribution in [0, 0.1) is 0 Å². The maximum atomic E-state index is 5.85. The van der Waals surface area contributed by atoms with E-state index in [2.05, 4.69) is 55.5 Å². The minimum absolute atomic E-state index is 0.308. The van der Waals surface area contributed by atoms with Crippen molar-refractivity contribution in [1.82, 2.24) is 0 Å². The lowest BCUT2D eigenvalue weighted by Gasteiger charge is -2.18. The lowest BCUT2D eigenvalue weighted by molar-refractivity contribution is 0.263. The van der Waals surface area contributed by atoms with Crippen LogP contribution in [-0.4, -0.2) is 38.6 Å². The summed E-state index contributed by atoms with van der Waals surface area (Å²) in [7, 11) is 0. The van der Waals surface area contributed by atoms with E-state index in [1.54, 1.807) is 0 Å². The van der Waals surface area contributed by atoms with Crippen LogP contribution in [0.1, 0.15) is 101 Å². The van der Waals surface area contributed by atoms with Crippen molar-refractivity contribution >= 4 is 0 Å². The molecule has 2 aliphatic heterocycles. The third-order valence-corrected chi connectivity index (χ3v) is 7.60. The normalized spacial score (nSPS) is 18.9. The van der Waals surface area contributed by atoms with Crippen molar-refractivity contribution in [2.45, 2.75) is 109 Å². The smallest absolute Gasteiger partial charge is 0.119 e. The molecule has 0 spiro atoms. The lowest BCUT2D eigenvalue weighted by atomic mass is 9.88. The molecule has 2 aromatic rings. The zero-order valence-electron chi connectivity index (χ0n) is 23.0. The summed E-state index contributed by atoms with van der Waals surface area (Å²) in [6, 6.07) is 17.5. The van der Waals surface area contributed by atoms with Crippen molar-refractivity contribution in [1.29, 1.82) is 0 Å². The Morgan fingerprint density at radius 2 is 1.30 bits per heavy atom. The Bertz CT molecular complexity index is 872. The van der Waals surface area contributed by atoms with Crippen LogP contribution in [0.4, 0.5) is 0 Å². The summed E-state index contributed by atoms with van der Waals surface area (Å²) < 4.78 is 22.2. The Hall–Kier alpha value is -2.04. The first kappa shape index (κ1) is 28.0. The van der Waals surface area contributed by atoms with Gasteiger partial charge in [-0.3, -0.25) is 0 Å². The van der Waals surface area contributed by atoms with Crippen molar-refractivity contribution in [3.05, 3.63) is 59.7 Å². The first-order valence-electron chi connectivity index (χ1n) is 15.0. The highest BCUT2D eigenvalue weighted by Gasteiger charge is 2.23. The van der Waals surface area contributed by atoms with Gasteiger partial charge in [-0.25, -0.2) is 0 Å². The van der Waals surface area contributed by atoms with Gasteiger partial charge in [-0.15, -0.1) is 0 Å². The minimum atomic E-state index is 0.308. The minimum Gasteiger partial charge on any atom is -0.491 e. The average Bonchev–Trinajstić information content (AvgIpc) is 3.85. The highest BCUT2D eigenvalue weighted by Crippen LogP contribution is 2.30. The summed E-state index contributed by atoms with van der Waals surface area (Å²) in [6.45, 7) is 5.33. The predicted molar refractivity (Wildman–Crippen MR) is 151 cm³/mol. The Kier molecular flexibility index (Phi) is 12.1. The van der Waals surface area contributed by atoms with Crippen molar-refractivity contribution in [3.8, 4) is 11.5 Å². The number of ether oxygens (including phenoxy) is 4. The van der Waals surface area contributed by atoms with E-state index in [1.807, 2.05) is 0 Å². The molecule has 2 heterocycles. The number of hydrogen-bond donors (Lipinski definition) is 0. The van der Waals surface area contributed by atoms with E-state index < -0.39 is 0 Å². The first-order valence-corrected chi connectivity index (χ1v) is 15.0. The van der Waals surface area contributed by atoms with E-state index in [1.165, 1.54) is 88.2 Å². The van der Waals surface area contributed by atoms with E-state index in [0.717, 1.165) is 31.1 Å². The molecule has 4 nitrogen and oxygen atoms in total. The quantitative estimate of drug-likeness (QED) is 0.126. The summed E-state index contributed by atoms with van der Waals surface area (Å²) in [5.74, 6) is 2.62. The molecule has 204 valence electrons. The fourth-order valence-electron chi connectivity index (χ4n) is 5.06. The van der Waals surface area contributed by atoms with Crippen LogP contribution >= 0.6 is 0 Å². The molecule has 0 aliphatic carbocycles. The third-order valence-electron chi connectivity index (χ3n) is 7.60. The van der Waals surface area contributed by atoms with Crippen molar-refractivity contribution in [3.63, 3.8) is 0 Å². The highest BCUT2D eigenvalue weighted by molar-refractivity contribution is 5.30. The first-order chi connectivity index (χ1) is 18.3. The van der Waals surface area contributed by atoms with E-state index in [4.69, 9.17) is 18.9 Å². The Balaban J connectivity index is 1.13. The summed E-state index contributed by atoms with van der Waals surface area (Å²) >= 11 is 0. The molecule has 0 saturated carbocycles. The fraction of sp³-hybridized carbons (Fsp3) is 0.636. The monoisotopic (exact) mass is 508 g/mol. The SMILES string of the molecule is CCCCCCC[C@H](CCCCCCCc1cccc(OC[C@@H]2CO2)c1)c1ccc(OC[C@H]2CO2)cc1. The van der Waals surface area contributed by atoms with Gasteiger partial charge in [0, 0.05) is 0 Å². The van der Waals surface area contributed by atoms with Gasteiger partial charge < -0.3 is 18.9 Å².